The second-order valence-electron chi connectivity index (χ2n) is 8.07. The average molecular weight is 429 g/mol. The molecule has 0 saturated heterocycles. The molecule has 0 radical (unpaired) electrons. The molecule has 0 heterocycles. The van der Waals surface area contributed by atoms with E-state index in [1.807, 2.05) is 6.92 Å². The van der Waals surface area contributed by atoms with Crippen LogP contribution in [0.4, 0.5) is 0 Å². The van der Waals surface area contributed by atoms with Crippen LogP contribution in [0, 0.1) is 0 Å². The van der Waals surface area contributed by atoms with Crippen molar-refractivity contribution in [3.8, 4) is 0 Å². The Labute approximate surface area is 197 Å². The van der Waals surface area contributed by atoms with Gasteiger partial charge in [0.25, 0.3) is 0 Å². The van der Waals surface area contributed by atoms with E-state index in [1.165, 1.54) is 70.6 Å². The van der Waals surface area contributed by atoms with Gasteiger partial charge in [-0.3, -0.25) is 0 Å². The standard InChI is InChI=1S/C22H46O4S.Na/c1-2-3-19-22(27(24,25)26)20-17-15-13-11-9-7-5-4-6-8-10-12-14-16-18-21-23;/h22-23H,2-21H2,1H3,(H,24,25,26);/q;+1/p-1. The van der Waals surface area contributed by atoms with E-state index in [-0.39, 0.29) is 29.6 Å². The van der Waals surface area contributed by atoms with Crippen LogP contribution in [0.1, 0.15) is 129 Å². The molecule has 0 saturated carbocycles. The Balaban J connectivity index is 0. The van der Waals surface area contributed by atoms with Crippen molar-refractivity contribution in [1.82, 2.24) is 0 Å². The minimum absolute atomic E-state index is 0. The third kappa shape index (κ3) is 21.6. The molecular weight excluding hydrogens is 383 g/mol. The summed E-state index contributed by atoms with van der Waals surface area (Å²) < 4.78 is 33.8. The molecule has 0 aliphatic rings. The van der Waals surface area contributed by atoms with Crippen molar-refractivity contribution in [2.75, 3.05) is 6.61 Å². The number of hydrogen-bond donors (Lipinski definition) is 1. The van der Waals surface area contributed by atoms with E-state index in [2.05, 4.69) is 0 Å². The van der Waals surface area contributed by atoms with Gasteiger partial charge in [-0.05, 0) is 19.3 Å². The molecule has 164 valence electrons. The van der Waals surface area contributed by atoms with Crippen LogP contribution in [0.25, 0.3) is 0 Å². The largest absolute Gasteiger partial charge is 1.00 e. The Morgan fingerprint density at radius 1 is 0.643 bits per heavy atom. The second kappa shape index (κ2) is 22.6. The summed E-state index contributed by atoms with van der Waals surface area (Å²) in [5.74, 6) is 0. The molecule has 0 aromatic rings. The average Bonchev–Trinajstić information content (AvgIpc) is 2.62. The van der Waals surface area contributed by atoms with E-state index >= 15 is 0 Å². The minimum atomic E-state index is -4.12. The summed E-state index contributed by atoms with van der Waals surface area (Å²) in [4.78, 5) is 0. The molecule has 0 fully saturated rings. The van der Waals surface area contributed by atoms with Gasteiger partial charge in [-0.1, -0.05) is 110 Å². The van der Waals surface area contributed by atoms with Crippen molar-refractivity contribution >= 4 is 10.1 Å². The number of aliphatic hydroxyl groups excluding tert-OH is 1. The normalized spacial score (nSPS) is 12.7. The van der Waals surface area contributed by atoms with Crippen LogP contribution in [-0.2, 0) is 10.1 Å². The first kappa shape index (κ1) is 31.1. The maximum Gasteiger partial charge on any atom is 1.00 e. The van der Waals surface area contributed by atoms with Gasteiger partial charge in [0.05, 0.1) is 10.1 Å². The molecule has 0 spiro atoms. The summed E-state index contributed by atoms with van der Waals surface area (Å²) in [6.45, 7) is 2.36. The number of rotatable bonds is 21. The number of hydrogen-bond acceptors (Lipinski definition) is 4. The van der Waals surface area contributed by atoms with Crippen LogP contribution in [0.5, 0.6) is 0 Å². The number of unbranched alkanes of at least 4 members (excludes halogenated alkanes) is 15. The minimum Gasteiger partial charge on any atom is -0.748 e. The third-order valence-electron chi connectivity index (χ3n) is 5.47. The van der Waals surface area contributed by atoms with Gasteiger partial charge in [0.1, 0.15) is 0 Å². The van der Waals surface area contributed by atoms with E-state index < -0.39 is 15.4 Å². The summed E-state index contributed by atoms with van der Waals surface area (Å²) in [6.07, 6.45) is 21.2. The van der Waals surface area contributed by atoms with Crippen LogP contribution in [-0.4, -0.2) is 29.9 Å². The smallest absolute Gasteiger partial charge is 0.748 e. The van der Waals surface area contributed by atoms with Gasteiger partial charge in [-0.2, -0.15) is 0 Å². The van der Waals surface area contributed by atoms with E-state index in [4.69, 9.17) is 5.11 Å². The van der Waals surface area contributed by atoms with E-state index in [9.17, 15) is 13.0 Å². The van der Waals surface area contributed by atoms with Gasteiger partial charge in [-0.25, -0.2) is 8.42 Å². The summed E-state index contributed by atoms with van der Waals surface area (Å²) >= 11 is 0. The first-order valence-electron chi connectivity index (χ1n) is 11.6. The Hall–Kier alpha value is 0.870. The van der Waals surface area contributed by atoms with Crippen LogP contribution in [0.3, 0.4) is 0 Å². The Kier molecular flexibility index (Phi) is 25.0. The number of aliphatic hydroxyl groups is 1. The zero-order valence-corrected chi connectivity index (χ0v) is 21.6. The van der Waals surface area contributed by atoms with Gasteiger partial charge in [0.15, 0.2) is 0 Å². The molecule has 0 aromatic carbocycles. The summed E-state index contributed by atoms with van der Waals surface area (Å²) in [5, 5.41) is 8.06. The molecule has 0 aliphatic carbocycles. The van der Waals surface area contributed by atoms with Crippen molar-refractivity contribution in [3.63, 3.8) is 0 Å². The molecule has 0 bridgehead atoms. The Morgan fingerprint density at radius 3 is 1.29 bits per heavy atom. The van der Waals surface area contributed by atoms with Gasteiger partial charge < -0.3 is 9.66 Å². The fourth-order valence-corrected chi connectivity index (χ4v) is 4.56. The molecule has 6 heteroatoms. The maximum atomic E-state index is 11.3. The maximum absolute atomic E-state index is 11.3. The second-order valence-corrected chi connectivity index (χ2v) is 9.72. The molecular formula is C22H45NaO4S. The van der Waals surface area contributed by atoms with Gasteiger partial charge >= 0.3 is 29.6 Å². The van der Waals surface area contributed by atoms with Crippen molar-refractivity contribution < 1.29 is 47.6 Å². The van der Waals surface area contributed by atoms with Crippen LogP contribution >= 0.6 is 0 Å². The van der Waals surface area contributed by atoms with Crippen LogP contribution in [0.15, 0.2) is 0 Å². The molecule has 28 heavy (non-hydrogen) atoms. The molecule has 4 nitrogen and oxygen atoms in total. The SMILES string of the molecule is CCCCC(CCCCCCCCCCCCCCCCCO)S(=O)(=O)[O-].[Na+]. The quantitative estimate of drug-likeness (QED) is 0.173. The zero-order chi connectivity index (χ0) is 20.2. The van der Waals surface area contributed by atoms with Gasteiger partial charge in [-0.15, -0.1) is 0 Å². The molecule has 1 atom stereocenters. The molecule has 0 amide bonds. The topological polar surface area (TPSA) is 77.4 Å². The Bertz CT molecular complexity index is 401. The van der Waals surface area contributed by atoms with E-state index in [0.717, 1.165) is 38.5 Å². The summed E-state index contributed by atoms with van der Waals surface area (Å²) in [7, 11) is -4.12. The fourth-order valence-electron chi connectivity index (χ4n) is 3.65. The first-order valence-corrected chi connectivity index (χ1v) is 13.0. The van der Waals surface area contributed by atoms with Crippen molar-refractivity contribution in [3.05, 3.63) is 0 Å². The van der Waals surface area contributed by atoms with Gasteiger partial charge in [0, 0.05) is 11.9 Å². The molecule has 0 aromatic heterocycles. The van der Waals surface area contributed by atoms with Crippen molar-refractivity contribution in [2.24, 2.45) is 0 Å². The van der Waals surface area contributed by atoms with Gasteiger partial charge in [0.2, 0.25) is 0 Å². The molecule has 1 N–H and O–H groups in total. The van der Waals surface area contributed by atoms with E-state index in [1.54, 1.807) is 0 Å². The first-order chi connectivity index (χ1) is 13.0. The van der Waals surface area contributed by atoms with E-state index in [0.29, 0.717) is 19.4 Å². The third-order valence-corrected chi connectivity index (χ3v) is 6.76. The Morgan fingerprint density at radius 2 is 0.964 bits per heavy atom. The summed E-state index contributed by atoms with van der Waals surface area (Å²) in [6, 6.07) is 0. The molecule has 1 unspecified atom stereocenters. The predicted octanol–water partition coefficient (Wildman–Crippen LogP) is 3.33. The predicted molar refractivity (Wildman–Crippen MR) is 114 cm³/mol. The summed E-state index contributed by atoms with van der Waals surface area (Å²) in [5.41, 5.74) is 0. The van der Waals surface area contributed by atoms with Crippen molar-refractivity contribution in [2.45, 2.75) is 134 Å². The van der Waals surface area contributed by atoms with Crippen LogP contribution < -0.4 is 29.6 Å². The molecule has 0 rings (SSSR count). The van der Waals surface area contributed by atoms with Crippen LogP contribution in [0.2, 0.25) is 0 Å². The fraction of sp³-hybridized carbons (Fsp3) is 1.00. The molecule has 0 aliphatic heterocycles. The van der Waals surface area contributed by atoms with Crippen molar-refractivity contribution in [1.29, 1.82) is 0 Å². The zero-order valence-electron chi connectivity index (χ0n) is 18.8. The monoisotopic (exact) mass is 428 g/mol.